The summed E-state index contributed by atoms with van der Waals surface area (Å²) in [6.45, 7) is 6.89. The van der Waals surface area contributed by atoms with Gasteiger partial charge in [-0.25, -0.2) is 0 Å². The molecule has 4 heteroatoms. The van der Waals surface area contributed by atoms with Crippen molar-refractivity contribution in [3.8, 4) is 0 Å². The van der Waals surface area contributed by atoms with Gasteiger partial charge in [-0.3, -0.25) is 9.59 Å². The van der Waals surface area contributed by atoms with E-state index in [1.165, 1.54) is 5.56 Å². The van der Waals surface area contributed by atoms with Crippen LogP contribution in [0.3, 0.4) is 0 Å². The van der Waals surface area contributed by atoms with E-state index in [0.717, 1.165) is 5.56 Å². The van der Waals surface area contributed by atoms with Crippen LogP contribution in [0.25, 0.3) is 0 Å². The number of hydrogen-bond donors (Lipinski definition) is 2. The molecule has 0 bridgehead atoms. The highest BCUT2D eigenvalue weighted by Gasteiger charge is 2.14. The van der Waals surface area contributed by atoms with Gasteiger partial charge in [-0.05, 0) is 52.9 Å². The van der Waals surface area contributed by atoms with E-state index in [4.69, 9.17) is 0 Å². The summed E-state index contributed by atoms with van der Waals surface area (Å²) in [7, 11) is 0. The molecule has 3 aromatic rings. The maximum absolute atomic E-state index is 12.5. The molecule has 0 aliphatic rings. The van der Waals surface area contributed by atoms with Gasteiger partial charge in [-0.15, -0.1) is 0 Å². The lowest BCUT2D eigenvalue weighted by atomic mass is 9.87. The molecule has 3 aromatic carbocycles. The molecule has 0 fully saturated rings. The van der Waals surface area contributed by atoms with E-state index < -0.39 is 0 Å². The first kappa shape index (κ1) is 20.3. The second kappa shape index (κ2) is 8.74. The molecule has 4 nitrogen and oxygen atoms in total. The Kier molecular flexibility index (Phi) is 6.13. The highest BCUT2D eigenvalue weighted by atomic mass is 16.2. The summed E-state index contributed by atoms with van der Waals surface area (Å²) >= 11 is 0. The first-order valence-electron chi connectivity index (χ1n) is 9.67. The zero-order valence-corrected chi connectivity index (χ0v) is 17.0. The first-order chi connectivity index (χ1) is 13.8. The first-order valence-corrected chi connectivity index (χ1v) is 9.67. The smallest absolute Gasteiger partial charge is 0.255 e. The average molecular weight is 386 g/mol. The van der Waals surface area contributed by atoms with E-state index in [9.17, 15) is 9.59 Å². The van der Waals surface area contributed by atoms with Crippen LogP contribution in [-0.4, -0.2) is 11.8 Å². The van der Waals surface area contributed by atoms with E-state index in [0.29, 0.717) is 23.4 Å². The number of hydrogen-bond acceptors (Lipinski definition) is 2. The van der Waals surface area contributed by atoms with Crippen molar-refractivity contribution in [2.45, 2.75) is 32.7 Å². The van der Waals surface area contributed by atoms with Crippen molar-refractivity contribution >= 4 is 17.5 Å². The fourth-order valence-corrected chi connectivity index (χ4v) is 2.91. The Morgan fingerprint density at radius 1 is 0.724 bits per heavy atom. The maximum atomic E-state index is 12.5. The lowest BCUT2D eigenvalue weighted by Crippen LogP contribution is -2.22. The predicted molar refractivity (Wildman–Crippen MR) is 117 cm³/mol. The Labute approximate surface area is 172 Å². The van der Waals surface area contributed by atoms with Gasteiger partial charge < -0.3 is 10.6 Å². The molecule has 0 spiro atoms. The molecular formula is C25H26N2O2. The molecule has 0 aliphatic carbocycles. The summed E-state index contributed by atoms with van der Waals surface area (Å²) in [5, 5.41) is 5.76. The quantitative estimate of drug-likeness (QED) is 0.636. The fraction of sp³-hybridized carbons (Fsp3) is 0.200. The zero-order chi connectivity index (χ0) is 20.9. The lowest BCUT2D eigenvalue weighted by Gasteiger charge is -2.19. The van der Waals surface area contributed by atoms with Crippen molar-refractivity contribution in [1.29, 1.82) is 0 Å². The molecule has 2 amide bonds. The van der Waals surface area contributed by atoms with Gasteiger partial charge in [-0.2, -0.15) is 0 Å². The van der Waals surface area contributed by atoms with Gasteiger partial charge in [0, 0.05) is 23.4 Å². The minimum Gasteiger partial charge on any atom is -0.348 e. The molecule has 0 unspecified atom stereocenters. The van der Waals surface area contributed by atoms with Crippen molar-refractivity contribution in [2.75, 3.05) is 5.32 Å². The number of benzene rings is 3. The predicted octanol–water partition coefficient (Wildman–Crippen LogP) is 5.17. The Hall–Kier alpha value is -3.40. The molecule has 0 heterocycles. The third-order valence-electron chi connectivity index (χ3n) is 4.71. The molecule has 3 rings (SSSR count). The minimum absolute atomic E-state index is 0.0475. The van der Waals surface area contributed by atoms with Crippen LogP contribution in [0.1, 0.15) is 52.6 Å². The molecule has 148 valence electrons. The molecule has 0 atom stereocenters. The van der Waals surface area contributed by atoms with Gasteiger partial charge in [0.2, 0.25) is 0 Å². The Morgan fingerprint density at radius 2 is 1.28 bits per heavy atom. The van der Waals surface area contributed by atoms with Gasteiger partial charge in [0.25, 0.3) is 11.8 Å². The van der Waals surface area contributed by atoms with Crippen LogP contribution in [0.2, 0.25) is 0 Å². The number of amides is 2. The average Bonchev–Trinajstić information content (AvgIpc) is 2.73. The highest BCUT2D eigenvalue weighted by molar-refractivity contribution is 6.04. The largest absolute Gasteiger partial charge is 0.348 e. The summed E-state index contributed by atoms with van der Waals surface area (Å²) in [5.74, 6) is -0.323. The van der Waals surface area contributed by atoms with Crippen LogP contribution in [0.15, 0.2) is 78.9 Å². The van der Waals surface area contributed by atoms with Gasteiger partial charge in [-0.1, -0.05) is 63.2 Å². The van der Waals surface area contributed by atoms with Crippen molar-refractivity contribution in [3.63, 3.8) is 0 Å². The summed E-state index contributed by atoms with van der Waals surface area (Å²) in [6.07, 6.45) is 0. The van der Waals surface area contributed by atoms with Crippen LogP contribution >= 0.6 is 0 Å². The summed E-state index contributed by atoms with van der Waals surface area (Å²) < 4.78 is 0. The lowest BCUT2D eigenvalue weighted by molar-refractivity contribution is 0.0950. The number of nitrogens with one attached hydrogen (secondary N) is 2. The van der Waals surface area contributed by atoms with Crippen LogP contribution in [0, 0.1) is 0 Å². The van der Waals surface area contributed by atoms with Gasteiger partial charge in [0.1, 0.15) is 0 Å². The van der Waals surface area contributed by atoms with E-state index in [-0.39, 0.29) is 17.2 Å². The topological polar surface area (TPSA) is 58.2 Å². The van der Waals surface area contributed by atoms with Gasteiger partial charge in [0.15, 0.2) is 0 Å². The standard InChI is InChI=1S/C25H26N2O2/c1-25(2,3)21-13-9-20(10-14-21)24(29)27-22-15-11-19(12-16-22)23(28)26-17-18-7-5-4-6-8-18/h4-16H,17H2,1-3H3,(H,26,28)(H,27,29). The summed E-state index contributed by atoms with van der Waals surface area (Å²) in [6, 6.07) is 24.3. The molecule has 29 heavy (non-hydrogen) atoms. The molecule has 0 saturated heterocycles. The summed E-state index contributed by atoms with van der Waals surface area (Å²) in [4.78, 5) is 24.8. The third-order valence-corrected chi connectivity index (χ3v) is 4.71. The number of anilines is 1. The maximum Gasteiger partial charge on any atom is 0.255 e. The number of carbonyl (C=O) groups is 2. The van der Waals surface area contributed by atoms with E-state index in [1.54, 1.807) is 24.3 Å². The molecular weight excluding hydrogens is 360 g/mol. The van der Waals surface area contributed by atoms with Gasteiger partial charge in [0.05, 0.1) is 0 Å². The van der Waals surface area contributed by atoms with Crippen LogP contribution < -0.4 is 10.6 Å². The Balaban J connectivity index is 1.58. The molecule has 2 N–H and O–H groups in total. The van der Waals surface area contributed by atoms with Crippen molar-refractivity contribution in [2.24, 2.45) is 0 Å². The minimum atomic E-state index is -0.174. The Bertz CT molecular complexity index is 970. The number of carbonyl (C=O) groups excluding carboxylic acids is 2. The summed E-state index contributed by atoms with van der Waals surface area (Å²) in [5.41, 5.74) is 4.07. The van der Waals surface area contributed by atoms with Crippen LogP contribution in [0.4, 0.5) is 5.69 Å². The fourth-order valence-electron chi connectivity index (χ4n) is 2.91. The van der Waals surface area contributed by atoms with E-state index in [1.807, 2.05) is 54.6 Å². The van der Waals surface area contributed by atoms with Gasteiger partial charge >= 0.3 is 0 Å². The molecule has 0 saturated carbocycles. The molecule has 0 aliphatic heterocycles. The third kappa shape index (κ3) is 5.55. The molecule has 0 aromatic heterocycles. The van der Waals surface area contributed by atoms with Crippen molar-refractivity contribution in [3.05, 3.63) is 101 Å². The second-order valence-electron chi connectivity index (χ2n) is 8.03. The van der Waals surface area contributed by atoms with Crippen LogP contribution in [0.5, 0.6) is 0 Å². The normalized spacial score (nSPS) is 11.0. The highest BCUT2D eigenvalue weighted by Crippen LogP contribution is 2.22. The van der Waals surface area contributed by atoms with E-state index >= 15 is 0 Å². The monoisotopic (exact) mass is 386 g/mol. The SMILES string of the molecule is CC(C)(C)c1ccc(C(=O)Nc2ccc(C(=O)NCc3ccccc3)cc2)cc1. The van der Waals surface area contributed by atoms with Crippen molar-refractivity contribution < 1.29 is 9.59 Å². The van der Waals surface area contributed by atoms with Crippen LogP contribution in [-0.2, 0) is 12.0 Å². The van der Waals surface area contributed by atoms with E-state index in [2.05, 4.69) is 31.4 Å². The van der Waals surface area contributed by atoms with Crippen molar-refractivity contribution in [1.82, 2.24) is 5.32 Å². The Morgan fingerprint density at radius 3 is 1.86 bits per heavy atom. The second-order valence-corrected chi connectivity index (χ2v) is 8.03. The number of rotatable bonds is 5. The molecule has 0 radical (unpaired) electrons. The zero-order valence-electron chi connectivity index (χ0n) is 17.0.